The monoisotopic (exact) mass is 279 g/mol. The number of amides is 1. The zero-order valence-electron chi connectivity index (χ0n) is 11.4. The highest BCUT2D eigenvalue weighted by Gasteiger charge is 2.23. The number of alkyl halides is 1. The van der Waals surface area contributed by atoms with Gasteiger partial charge in [0.25, 0.3) is 5.91 Å². The first kappa shape index (κ1) is 13.9. The van der Waals surface area contributed by atoms with Crippen LogP contribution in [0.4, 0.5) is 0 Å². The maximum atomic E-state index is 12.6. The molecule has 1 aromatic carbocycles. The molecule has 0 unspecified atom stereocenters. The van der Waals surface area contributed by atoms with E-state index in [0.29, 0.717) is 18.1 Å². The van der Waals surface area contributed by atoms with Crippen LogP contribution in [0, 0.1) is 0 Å². The van der Waals surface area contributed by atoms with Gasteiger partial charge in [0.05, 0.1) is 5.52 Å². The van der Waals surface area contributed by atoms with E-state index in [1.165, 1.54) is 0 Å². The number of hydrogen-bond acceptors (Lipinski definition) is 2. The van der Waals surface area contributed by atoms with Crippen LogP contribution < -0.4 is 0 Å². The van der Waals surface area contributed by atoms with Crippen molar-refractivity contribution in [2.75, 3.05) is 12.4 Å². The molecular weight excluding hydrogens is 262 g/mol. The molecule has 1 aromatic heterocycles. The molecule has 0 radical (unpaired) electrons. The van der Waals surface area contributed by atoms with Crippen molar-refractivity contribution in [2.24, 2.45) is 7.05 Å². The van der Waals surface area contributed by atoms with Gasteiger partial charge in [-0.2, -0.15) is 5.10 Å². The Bertz CT molecular complexity index is 591. The maximum absolute atomic E-state index is 12.6. The number of para-hydroxylation sites is 1. The van der Waals surface area contributed by atoms with Crippen LogP contribution in [0.25, 0.3) is 10.9 Å². The smallest absolute Gasteiger partial charge is 0.275 e. The molecule has 2 rings (SSSR count). The standard InChI is InChI=1S/C14H18ClN3O/c1-10(2)18(9-8-15)14(19)13-11-6-4-5-7-12(11)17(3)16-13/h4-7,10H,8-9H2,1-3H3. The van der Waals surface area contributed by atoms with E-state index in [1.807, 2.05) is 45.2 Å². The third-order valence-electron chi connectivity index (χ3n) is 3.17. The van der Waals surface area contributed by atoms with Crippen LogP contribution in [-0.4, -0.2) is 39.1 Å². The molecule has 0 bridgehead atoms. The van der Waals surface area contributed by atoms with Gasteiger partial charge in [-0.15, -0.1) is 11.6 Å². The molecule has 0 aliphatic heterocycles. The highest BCUT2D eigenvalue weighted by molar-refractivity contribution is 6.18. The minimum Gasteiger partial charge on any atom is -0.334 e. The summed E-state index contributed by atoms with van der Waals surface area (Å²) in [6.45, 7) is 4.49. The Labute approximate surface area is 117 Å². The molecule has 19 heavy (non-hydrogen) atoms. The molecule has 0 saturated heterocycles. The van der Waals surface area contributed by atoms with Gasteiger partial charge < -0.3 is 4.90 Å². The van der Waals surface area contributed by atoms with Gasteiger partial charge in [0.1, 0.15) is 0 Å². The predicted octanol–water partition coefficient (Wildman–Crippen LogP) is 2.66. The van der Waals surface area contributed by atoms with Crippen molar-refractivity contribution in [3.05, 3.63) is 30.0 Å². The number of nitrogens with zero attached hydrogens (tertiary/aromatic N) is 3. The molecule has 1 heterocycles. The van der Waals surface area contributed by atoms with E-state index in [1.54, 1.807) is 9.58 Å². The van der Waals surface area contributed by atoms with Crippen molar-refractivity contribution < 1.29 is 4.79 Å². The summed E-state index contributed by atoms with van der Waals surface area (Å²) in [7, 11) is 1.85. The fourth-order valence-electron chi connectivity index (χ4n) is 2.19. The van der Waals surface area contributed by atoms with Crippen molar-refractivity contribution in [1.82, 2.24) is 14.7 Å². The number of rotatable bonds is 4. The number of hydrogen-bond donors (Lipinski definition) is 0. The number of aryl methyl sites for hydroxylation is 1. The third kappa shape index (κ3) is 2.59. The number of halogens is 1. The second kappa shape index (κ2) is 5.61. The molecule has 4 nitrogen and oxygen atoms in total. The number of aromatic nitrogens is 2. The summed E-state index contributed by atoms with van der Waals surface area (Å²) in [5.74, 6) is 0.363. The van der Waals surface area contributed by atoms with E-state index in [-0.39, 0.29) is 11.9 Å². The van der Waals surface area contributed by atoms with E-state index in [9.17, 15) is 4.79 Å². The lowest BCUT2D eigenvalue weighted by molar-refractivity contribution is 0.0713. The van der Waals surface area contributed by atoms with Gasteiger partial charge in [-0.3, -0.25) is 9.48 Å². The Balaban J connectivity index is 2.46. The number of carbonyl (C=O) groups is 1. The van der Waals surface area contributed by atoms with Gasteiger partial charge >= 0.3 is 0 Å². The summed E-state index contributed by atoms with van der Waals surface area (Å²) in [4.78, 5) is 14.3. The Hall–Kier alpha value is -1.55. The van der Waals surface area contributed by atoms with Crippen LogP contribution in [0.3, 0.4) is 0 Å². The van der Waals surface area contributed by atoms with E-state index in [2.05, 4.69) is 5.10 Å². The molecule has 0 aliphatic rings. The lowest BCUT2D eigenvalue weighted by atomic mass is 10.2. The van der Waals surface area contributed by atoms with E-state index in [0.717, 1.165) is 10.9 Å². The lowest BCUT2D eigenvalue weighted by Gasteiger charge is -2.25. The Morgan fingerprint density at radius 1 is 1.42 bits per heavy atom. The van der Waals surface area contributed by atoms with Crippen molar-refractivity contribution in [1.29, 1.82) is 0 Å². The summed E-state index contributed by atoms with van der Waals surface area (Å²) < 4.78 is 1.74. The summed E-state index contributed by atoms with van der Waals surface area (Å²) in [5, 5.41) is 5.24. The fourth-order valence-corrected chi connectivity index (χ4v) is 2.38. The van der Waals surface area contributed by atoms with Crippen LogP contribution in [-0.2, 0) is 7.05 Å². The summed E-state index contributed by atoms with van der Waals surface area (Å²) in [6, 6.07) is 7.85. The molecule has 2 aromatic rings. The first-order valence-corrected chi connectivity index (χ1v) is 6.88. The number of benzene rings is 1. The molecule has 5 heteroatoms. The predicted molar refractivity (Wildman–Crippen MR) is 77.6 cm³/mol. The van der Waals surface area contributed by atoms with Crippen molar-refractivity contribution in [3.63, 3.8) is 0 Å². The third-order valence-corrected chi connectivity index (χ3v) is 3.34. The van der Waals surface area contributed by atoms with E-state index < -0.39 is 0 Å². The summed E-state index contributed by atoms with van der Waals surface area (Å²) in [5.41, 5.74) is 1.46. The average Bonchev–Trinajstić information content (AvgIpc) is 2.73. The molecule has 1 amide bonds. The second-order valence-corrected chi connectivity index (χ2v) is 5.15. The number of carbonyl (C=O) groups excluding carboxylic acids is 1. The van der Waals surface area contributed by atoms with Crippen LogP contribution in [0.1, 0.15) is 24.3 Å². The fraction of sp³-hybridized carbons (Fsp3) is 0.429. The molecule has 0 N–H and O–H groups in total. The zero-order valence-corrected chi connectivity index (χ0v) is 12.2. The molecule has 0 aliphatic carbocycles. The van der Waals surface area contributed by atoms with Crippen molar-refractivity contribution >= 4 is 28.4 Å². The minimum absolute atomic E-state index is 0.0625. The Morgan fingerprint density at radius 2 is 2.11 bits per heavy atom. The Kier molecular flexibility index (Phi) is 4.10. The van der Waals surface area contributed by atoms with E-state index >= 15 is 0 Å². The topological polar surface area (TPSA) is 38.1 Å². The van der Waals surface area contributed by atoms with Crippen molar-refractivity contribution in [2.45, 2.75) is 19.9 Å². The van der Waals surface area contributed by atoms with Gasteiger partial charge in [-0.1, -0.05) is 18.2 Å². The quantitative estimate of drug-likeness (QED) is 0.807. The molecular formula is C14H18ClN3O. The highest BCUT2D eigenvalue weighted by atomic mass is 35.5. The highest BCUT2D eigenvalue weighted by Crippen LogP contribution is 2.19. The van der Waals surface area contributed by atoms with Gasteiger partial charge in [0.2, 0.25) is 0 Å². The molecule has 0 saturated carbocycles. The minimum atomic E-state index is -0.0625. The largest absolute Gasteiger partial charge is 0.334 e. The first-order chi connectivity index (χ1) is 9.06. The average molecular weight is 280 g/mol. The maximum Gasteiger partial charge on any atom is 0.275 e. The van der Waals surface area contributed by atoms with Gasteiger partial charge in [-0.25, -0.2) is 0 Å². The molecule has 102 valence electrons. The first-order valence-electron chi connectivity index (χ1n) is 6.35. The van der Waals surface area contributed by atoms with Gasteiger partial charge in [-0.05, 0) is 19.9 Å². The SMILES string of the molecule is CC(C)N(CCCl)C(=O)c1nn(C)c2ccccc12. The normalized spacial score (nSPS) is 11.2. The lowest BCUT2D eigenvalue weighted by Crippen LogP contribution is -2.38. The number of fused-ring (bicyclic) bond motifs is 1. The van der Waals surface area contributed by atoms with Crippen LogP contribution in [0.2, 0.25) is 0 Å². The van der Waals surface area contributed by atoms with Crippen molar-refractivity contribution in [3.8, 4) is 0 Å². The van der Waals surface area contributed by atoms with E-state index in [4.69, 9.17) is 11.6 Å². The van der Waals surface area contributed by atoms with Gasteiger partial charge in [0.15, 0.2) is 5.69 Å². The van der Waals surface area contributed by atoms with Crippen LogP contribution in [0.5, 0.6) is 0 Å². The second-order valence-electron chi connectivity index (χ2n) is 4.77. The molecule has 0 spiro atoms. The van der Waals surface area contributed by atoms with Crippen LogP contribution in [0.15, 0.2) is 24.3 Å². The molecule has 0 fully saturated rings. The summed E-state index contributed by atoms with van der Waals surface area (Å²) >= 11 is 5.78. The molecule has 0 atom stereocenters. The van der Waals surface area contributed by atoms with Gasteiger partial charge in [0, 0.05) is 30.9 Å². The zero-order chi connectivity index (χ0) is 14.0. The van der Waals surface area contributed by atoms with Crippen LogP contribution >= 0.6 is 11.6 Å². The Morgan fingerprint density at radius 3 is 2.74 bits per heavy atom. The summed E-state index contributed by atoms with van der Waals surface area (Å²) in [6.07, 6.45) is 0.